The molecule has 0 aromatic carbocycles. The maximum absolute atomic E-state index is 13.3. The summed E-state index contributed by atoms with van der Waals surface area (Å²) in [6.07, 6.45) is 2.61. The molecule has 3 rings (SSSR count). The number of likely N-dealkylation sites (tertiary alicyclic amines) is 2. The topological polar surface area (TPSA) is 78.7 Å². The predicted octanol–water partition coefficient (Wildman–Crippen LogP) is 2.73. The second kappa shape index (κ2) is 8.59. The number of halogens is 1. The Morgan fingerprint density at radius 3 is 2.57 bits per heavy atom. The monoisotopic (exact) mass is 394 g/mol. The van der Waals surface area contributed by atoms with E-state index in [1.165, 1.54) is 0 Å². The average molecular weight is 394 g/mol. The molecule has 28 heavy (non-hydrogen) atoms. The van der Waals surface area contributed by atoms with Gasteiger partial charge in [0.15, 0.2) is 5.82 Å². The summed E-state index contributed by atoms with van der Waals surface area (Å²) in [4.78, 5) is 29.3. The Morgan fingerprint density at radius 1 is 1.21 bits per heavy atom. The fourth-order valence-electron chi connectivity index (χ4n) is 3.74. The molecule has 0 spiro atoms. The van der Waals surface area contributed by atoms with Gasteiger partial charge in [-0.05, 0) is 32.1 Å². The predicted molar refractivity (Wildman–Crippen MR) is 104 cm³/mol. The minimum absolute atomic E-state index is 0.0623. The summed E-state index contributed by atoms with van der Waals surface area (Å²) < 4.78 is 18.6. The van der Waals surface area contributed by atoms with E-state index in [0.717, 1.165) is 12.8 Å². The normalized spacial score (nSPS) is 22.3. The van der Waals surface area contributed by atoms with Crippen molar-refractivity contribution < 1.29 is 18.5 Å². The molecule has 156 valence electrons. The van der Waals surface area contributed by atoms with Crippen molar-refractivity contribution in [2.24, 2.45) is 0 Å². The van der Waals surface area contributed by atoms with Crippen LogP contribution in [0, 0.1) is 0 Å². The van der Waals surface area contributed by atoms with Crippen molar-refractivity contribution in [2.75, 3.05) is 31.5 Å². The minimum atomic E-state index is -0.764. The number of hydrogen-bond acceptors (Lipinski definition) is 5. The number of anilines is 1. The molecule has 1 atom stereocenters. The molecular formula is C20H31FN4O3. The van der Waals surface area contributed by atoms with Crippen LogP contribution < -0.4 is 5.32 Å². The van der Waals surface area contributed by atoms with Crippen LogP contribution in [-0.2, 0) is 15.0 Å². The van der Waals surface area contributed by atoms with E-state index >= 15 is 0 Å². The number of carbonyl (C=O) groups excluding carboxylic acids is 2. The van der Waals surface area contributed by atoms with Crippen LogP contribution in [0.2, 0.25) is 0 Å². The lowest BCUT2D eigenvalue weighted by Gasteiger charge is -2.36. The molecular weight excluding hydrogens is 363 g/mol. The van der Waals surface area contributed by atoms with Gasteiger partial charge >= 0.3 is 0 Å². The van der Waals surface area contributed by atoms with Crippen LogP contribution in [0.15, 0.2) is 10.6 Å². The Hall–Kier alpha value is -1.96. The molecule has 7 nitrogen and oxygen atoms in total. The van der Waals surface area contributed by atoms with E-state index < -0.39 is 12.2 Å². The Morgan fingerprint density at radius 2 is 1.93 bits per heavy atom. The lowest BCUT2D eigenvalue weighted by Crippen LogP contribution is -2.53. The zero-order valence-electron chi connectivity index (χ0n) is 17.0. The molecule has 2 fully saturated rings. The van der Waals surface area contributed by atoms with Gasteiger partial charge in [0, 0.05) is 31.1 Å². The quantitative estimate of drug-likeness (QED) is 0.850. The molecule has 2 saturated heterocycles. The molecule has 1 aromatic rings. The third-order valence-corrected chi connectivity index (χ3v) is 5.50. The zero-order chi connectivity index (χ0) is 20.3. The second-order valence-electron chi connectivity index (χ2n) is 8.87. The molecule has 0 unspecified atom stereocenters. The van der Waals surface area contributed by atoms with Crippen LogP contribution in [0.5, 0.6) is 0 Å². The number of nitrogens with zero attached hydrogens (tertiary/aromatic N) is 3. The molecule has 0 radical (unpaired) electrons. The number of hydrogen-bond donors (Lipinski definition) is 1. The number of alkyl halides is 1. The number of rotatable bonds is 4. The van der Waals surface area contributed by atoms with Gasteiger partial charge in [-0.1, -0.05) is 25.9 Å². The van der Waals surface area contributed by atoms with Crippen LogP contribution in [0.4, 0.5) is 10.2 Å². The average Bonchev–Trinajstić information content (AvgIpc) is 3.12. The Labute approximate surface area is 165 Å². The second-order valence-corrected chi connectivity index (χ2v) is 8.87. The number of nitrogens with one attached hydrogen (secondary N) is 1. The first-order valence-electron chi connectivity index (χ1n) is 10.2. The van der Waals surface area contributed by atoms with Crippen molar-refractivity contribution in [3.8, 4) is 0 Å². The molecule has 0 saturated carbocycles. The highest BCUT2D eigenvalue weighted by molar-refractivity contribution is 5.96. The van der Waals surface area contributed by atoms with Crippen molar-refractivity contribution in [3.63, 3.8) is 0 Å². The highest BCUT2D eigenvalue weighted by Gasteiger charge is 2.34. The molecule has 3 heterocycles. The van der Waals surface area contributed by atoms with Crippen LogP contribution >= 0.6 is 0 Å². The lowest BCUT2D eigenvalue weighted by atomic mass is 9.93. The summed E-state index contributed by atoms with van der Waals surface area (Å²) in [6.45, 7) is 8.01. The summed E-state index contributed by atoms with van der Waals surface area (Å²) in [5, 5.41) is 6.73. The van der Waals surface area contributed by atoms with Crippen molar-refractivity contribution in [1.29, 1.82) is 0 Å². The Balaban J connectivity index is 1.61. The maximum Gasteiger partial charge on any atom is 0.248 e. The summed E-state index contributed by atoms with van der Waals surface area (Å²) in [5.74, 6) is 0.769. The molecule has 8 heteroatoms. The SMILES string of the molecule is CC(C)(C)c1cc(NC(=O)[C@@H]2CCCCN2C(=O)CN2CCC(F)CC2)no1. The number of amides is 2. The van der Waals surface area contributed by atoms with Gasteiger partial charge in [0.2, 0.25) is 11.8 Å². The molecule has 0 aliphatic carbocycles. The van der Waals surface area contributed by atoms with E-state index in [1.54, 1.807) is 11.0 Å². The van der Waals surface area contributed by atoms with Crippen LogP contribution in [0.25, 0.3) is 0 Å². The smallest absolute Gasteiger partial charge is 0.248 e. The third-order valence-electron chi connectivity index (χ3n) is 5.50. The van der Waals surface area contributed by atoms with Gasteiger partial charge in [-0.25, -0.2) is 4.39 Å². The van der Waals surface area contributed by atoms with E-state index in [4.69, 9.17) is 4.52 Å². The third kappa shape index (κ3) is 5.10. The molecule has 0 bridgehead atoms. The Kier molecular flexibility index (Phi) is 6.37. The number of piperidine rings is 2. The molecule has 1 aromatic heterocycles. The summed E-state index contributed by atoms with van der Waals surface area (Å²) in [5.41, 5.74) is -0.199. The van der Waals surface area contributed by atoms with E-state index in [2.05, 4.69) is 10.5 Å². The van der Waals surface area contributed by atoms with Crippen molar-refractivity contribution in [3.05, 3.63) is 11.8 Å². The van der Waals surface area contributed by atoms with Crippen molar-refractivity contribution in [2.45, 2.75) is 70.5 Å². The standard InChI is InChI=1S/C20H31FN4O3/c1-20(2,3)16-12-17(23-28-16)22-19(27)15-6-4-5-9-25(15)18(26)13-24-10-7-14(21)8-11-24/h12,14-15H,4-11,13H2,1-3H3,(H,22,23,27)/t15-/m0/s1. The fourth-order valence-corrected chi connectivity index (χ4v) is 3.74. The lowest BCUT2D eigenvalue weighted by molar-refractivity contribution is -0.141. The minimum Gasteiger partial charge on any atom is -0.359 e. The molecule has 1 N–H and O–H groups in total. The van der Waals surface area contributed by atoms with Crippen molar-refractivity contribution in [1.82, 2.24) is 15.0 Å². The maximum atomic E-state index is 13.3. The first-order chi connectivity index (χ1) is 13.2. The van der Waals surface area contributed by atoms with E-state index in [-0.39, 0.29) is 23.8 Å². The highest BCUT2D eigenvalue weighted by atomic mass is 19.1. The van der Waals surface area contributed by atoms with Gasteiger partial charge < -0.3 is 14.7 Å². The van der Waals surface area contributed by atoms with Gasteiger partial charge in [-0.3, -0.25) is 14.5 Å². The summed E-state index contributed by atoms with van der Waals surface area (Å²) >= 11 is 0. The zero-order valence-corrected chi connectivity index (χ0v) is 17.0. The van der Waals surface area contributed by atoms with E-state index in [9.17, 15) is 14.0 Å². The van der Waals surface area contributed by atoms with Gasteiger partial charge in [-0.2, -0.15) is 0 Å². The first-order valence-corrected chi connectivity index (χ1v) is 10.2. The van der Waals surface area contributed by atoms with Crippen LogP contribution in [0.3, 0.4) is 0 Å². The van der Waals surface area contributed by atoms with E-state index in [0.29, 0.717) is 50.5 Å². The number of aromatic nitrogens is 1. The molecule has 2 amide bonds. The summed E-state index contributed by atoms with van der Waals surface area (Å²) in [6, 6.07) is 1.23. The van der Waals surface area contributed by atoms with Gasteiger partial charge in [0.25, 0.3) is 0 Å². The Bertz CT molecular complexity index is 692. The fraction of sp³-hybridized carbons (Fsp3) is 0.750. The van der Waals surface area contributed by atoms with Gasteiger partial charge in [0.05, 0.1) is 6.54 Å². The van der Waals surface area contributed by atoms with Crippen LogP contribution in [-0.4, -0.2) is 65.2 Å². The van der Waals surface area contributed by atoms with Gasteiger partial charge in [0.1, 0.15) is 18.0 Å². The highest BCUT2D eigenvalue weighted by Crippen LogP contribution is 2.25. The first kappa shape index (κ1) is 20.8. The van der Waals surface area contributed by atoms with Gasteiger partial charge in [-0.15, -0.1) is 0 Å². The van der Waals surface area contributed by atoms with Crippen molar-refractivity contribution >= 4 is 17.6 Å². The number of carbonyl (C=O) groups is 2. The largest absolute Gasteiger partial charge is 0.359 e. The summed E-state index contributed by atoms with van der Waals surface area (Å²) in [7, 11) is 0. The molecule has 2 aliphatic rings. The van der Waals surface area contributed by atoms with E-state index in [1.807, 2.05) is 25.7 Å². The molecule has 2 aliphatic heterocycles. The van der Waals surface area contributed by atoms with Crippen LogP contribution in [0.1, 0.15) is 58.6 Å².